The molecule has 0 heterocycles. The summed E-state index contributed by atoms with van der Waals surface area (Å²) in [6.07, 6.45) is -10.5. The fourth-order valence-electron chi connectivity index (χ4n) is 2.70. The molecule has 0 amide bonds. The van der Waals surface area contributed by atoms with Crippen LogP contribution in [0.1, 0.15) is 18.9 Å². The SMILES string of the molecule is COC(C)(CC(F)(F)C(F)(F)C(F)(F)C(F)(F)C(F)(F)C(F)(F)C(F)(F)F)c1ccccc1F. The largest absolute Gasteiger partial charge is 0.460 e. The maximum absolute atomic E-state index is 14.2. The molecule has 0 spiro atoms. The maximum Gasteiger partial charge on any atom is 0.460 e. The first-order valence-electron chi connectivity index (χ1n) is 8.42. The molecule has 198 valence electrons. The molecule has 1 nitrogen and oxygen atoms in total. The fraction of sp³-hybridized carbons (Fsp3) is 0.647. The van der Waals surface area contributed by atoms with Crippen molar-refractivity contribution in [2.24, 2.45) is 0 Å². The van der Waals surface area contributed by atoms with Crippen LogP contribution in [0.15, 0.2) is 24.3 Å². The van der Waals surface area contributed by atoms with Gasteiger partial charge >= 0.3 is 41.7 Å². The highest BCUT2D eigenvalue weighted by molar-refractivity contribution is 5.25. The Labute approximate surface area is 179 Å². The highest BCUT2D eigenvalue weighted by Crippen LogP contribution is 2.63. The summed E-state index contributed by atoms with van der Waals surface area (Å²) in [5.74, 6) is -48.7. The van der Waals surface area contributed by atoms with Crippen molar-refractivity contribution >= 4 is 0 Å². The van der Waals surface area contributed by atoms with E-state index in [0.717, 1.165) is 12.1 Å². The van der Waals surface area contributed by atoms with Gasteiger partial charge in [0.1, 0.15) is 5.82 Å². The zero-order valence-corrected chi connectivity index (χ0v) is 16.5. The van der Waals surface area contributed by atoms with Crippen molar-refractivity contribution < 1.29 is 75.0 Å². The molecule has 17 heteroatoms. The van der Waals surface area contributed by atoms with Gasteiger partial charge in [0.15, 0.2) is 0 Å². The Bertz CT molecular complexity index is 875. The first-order chi connectivity index (χ1) is 14.8. The van der Waals surface area contributed by atoms with E-state index >= 15 is 0 Å². The molecular formula is C17H12F16O. The number of halogens is 16. The van der Waals surface area contributed by atoms with Crippen molar-refractivity contribution in [1.82, 2.24) is 0 Å². The molecule has 1 aromatic carbocycles. The van der Waals surface area contributed by atoms with Gasteiger partial charge in [-0.05, 0) is 13.0 Å². The second-order valence-electron chi connectivity index (χ2n) is 7.17. The molecule has 0 aliphatic heterocycles. The third-order valence-electron chi connectivity index (χ3n) is 4.85. The van der Waals surface area contributed by atoms with Crippen molar-refractivity contribution in [1.29, 1.82) is 0 Å². The van der Waals surface area contributed by atoms with Gasteiger partial charge in [-0.25, -0.2) is 4.39 Å². The lowest BCUT2D eigenvalue weighted by molar-refractivity contribution is -0.453. The molecule has 0 N–H and O–H groups in total. The average Bonchev–Trinajstić information content (AvgIpc) is 2.66. The predicted molar refractivity (Wildman–Crippen MR) is 81.1 cm³/mol. The van der Waals surface area contributed by atoms with E-state index in [0.29, 0.717) is 26.2 Å². The quantitative estimate of drug-likeness (QED) is 0.298. The van der Waals surface area contributed by atoms with Crippen LogP contribution in [0.3, 0.4) is 0 Å². The summed E-state index contributed by atoms with van der Waals surface area (Å²) in [5.41, 5.74) is -4.07. The molecule has 0 bridgehead atoms. The van der Waals surface area contributed by atoms with Gasteiger partial charge < -0.3 is 4.74 Å². The van der Waals surface area contributed by atoms with Crippen molar-refractivity contribution in [3.05, 3.63) is 35.6 Å². The van der Waals surface area contributed by atoms with E-state index < -0.39 is 65.1 Å². The lowest BCUT2D eigenvalue weighted by atomic mass is 9.83. The van der Waals surface area contributed by atoms with Crippen LogP contribution in [0.2, 0.25) is 0 Å². The van der Waals surface area contributed by atoms with E-state index in [1.54, 1.807) is 0 Å². The van der Waals surface area contributed by atoms with E-state index in [9.17, 15) is 70.2 Å². The number of benzene rings is 1. The Morgan fingerprint density at radius 3 is 1.38 bits per heavy atom. The number of hydrogen-bond acceptors (Lipinski definition) is 1. The van der Waals surface area contributed by atoms with E-state index in [4.69, 9.17) is 0 Å². The normalized spacial score (nSPS) is 17.0. The summed E-state index contributed by atoms with van der Waals surface area (Å²) in [6.45, 7) is 0.373. The van der Waals surface area contributed by atoms with Crippen LogP contribution in [-0.2, 0) is 10.3 Å². The van der Waals surface area contributed by atoms with E-state index in [-0.39, 0.29) is 0 Å². The van der Waals surface area contributed by atoms with Crippen LogP contribution < -0.4 is 0 Å². The van der Waals surface area contributed by atoms with Gasteiger partial charge in [-0.15, -0.1) is 0 Å². The minimum absolute atomic E-state index is 0.373. The lowest BCUT2D eigenvalue weighted by Gasteiger charge is -2.43. The number of methoxy groups -OCH3 is 1. The summed E-state index contributed by atoms with van der Waals surface area (Å²) in [4.78, 5) is 0. The Morgan fingerprint density at radius 1 is 0.618 bits per heavy atom. The van der Waals surface area contributed by atoms with Gasteiger partial charge in [-0.2, -0.15) is 65.9 Å². The highest BCUT2D eigenvalue weighted by atomic mass is 19.4. The van der Waals surface area contributed by atoms with Gasteiger partial charge in [0, 0.05) is 12.7 Å². The van der Waals surface area contributed by atoms with Crippen molar-refractivity contribution in [2.45, 2.75) is 60.7 Å². The summed E-state index contributed by atoms with van der Waals surface area (Å²) >= 11 is 0. The Balaban J connectivity index is 3.62. The van der Waals surface area contributed by atoms with E-state index in [1.807, 2.05) is 0 Å². The summed E-state index contributed by atoms with van der Waals surface area (Å²) < 4.78 is 218. The number of rotatable bonds is 9. The molecule has 1 unspecified atom stereocenters. The second-order valence-corrected chi connectivity index (χ2v) is 7.17. The van der Waals surface area contributed by atoms with Crippen LogP contribution in [-0.4, -0.2) is 48.8 Å². The highest BCUT2D eigenvalue weighted by Gasteiger charge is 2.93. The zero-order valence-electron chi connectivity index (χ0n) is 16.5. The zero-order chi connectivity index (χ0) is 27.4. The Morgan fingerprint density at radius 2 is 1.00 bits per heavy atom. The molecule has 0 fully saturated rings. The average molecular weight is 536 g/mol. The molecular weight excluding hydrogens is 524 g/mol. The first-order valence-corrected chi connectivity index (χ1v) is 8.42. The van der Waals surface area contributed by atoms with Crippen LogP contribution in [0.4, 0.5) is 70.2 Å². The molecule has 1 aromatic rings. The number of alkyl halides is 15. The third-order valence-corrected chi connectivity index (χ3v) is 4.85. The lowest BCUT2D eigenvalue weighted by Crippen LogP contribution is -2.72. The summed E-state index contributed by atoms with van der Waals surface area (Å²) in [6, 6.07) is 3.01. The first kappa shape index (κ1) is 30.1. The van der Waals surface area contributed by atoms with Crippen LogP contribution >= 0.6 is 0 Å². The molecule has 0 radical (unpaired) electrons. The Kier molecular flexibility index (Phi) is 7.37. The fourth-order valence-corrected chi connectivity index (χ4v) is 2.70. The molecule has 1 rings (SSSR count). The maximum atomic E-state index is 14.2. The third kappa shape index (κ3) is 4.17. The Hall–Kier alpha value is -1.94. The molecule has 0 aliphatic rings. The number of hydrogen-bond donors (Lipinski definition) is 0. The molecule has 0 saturated heterocycles. The molecule has 0 aliphatic carbocycles. The van der Waals surface area contributed by atoms with Gasteiger partial charge in [-0.3, -0.25) is 0 Å². The van der Waals surface area contributed by atoms with Gasteiger partial charge in [0.2, 0.25) is 0 Å². The van der Waals surface area contributed by atoms with Gasteiger partial charge in [-0.1, -0.05) is 18.2 Å². The van der Waals surface area contributed by atoms with Crippen molar-refractivity contribution in [3.8, 4) is 0 Å². The monoisotopic (exact) mass is 536 g/mol. The summed E-state index contributed by atoms with van der Waals surface area (Å²) in [7, 11) is 0.450. The van der Waals surface area contributed by atoms with Gasteiger partial charge in [0.25, 0.3) is 0 Å². The van der Waals surface area contributed by atoms with Crippen molar-refractivity contribution in [3.63, 3.8) is 0 Å². The minimum atomic E-state index is -8.38. The van der Waals surface area contributed by atoms with Crippen molar-refractivity contribution in [2.75, 3.05) is 7.11 Å². The van der Waals surface area contributed by atoms with Crippen LogP contribution in [0.5, 0.6) is 0 Å². The van der Waals surface area contributed by atoms with Crippen LogP contribution in [0.25, 0.3) is 0 Å². The topological polar surface area (TPSA) is 9.23 Å². The predicted octanol–water partition coefficient (Wildman–Crippen LogP) is 7.45. The van der Waals surface area contributed by atoms with E-state index in [1.165, 1.54) is 0 Å². The van der Waals surface area contributed by atoms with Gasteiger partial charge in [0.05, 0.1) is 12.0 Å². The number of ether oxygens (including phenoxy) is 1. The minimum Gasteiger partial charge on any atom is -0.373 e. The molecule has 0 aromatic heterocycles. The standard InChI is InChI=1S/C17H12F16O/c1-10(34-2,8-5-3-4-6-9(8)18)7-11(19,20)12(21,22)13(23,24)14(25,26)15(27,28)16(29,30)17(31,32)33/h3-6H,7H2,1-2H3. The smallest absolute Gasteiger partial charge is 0.373 e. The molecule has 34 heavy (non-hydrogen) atoms. The van der Waals surface area contributed by atoms with E-state index in [2.05, 4.69) is 4.74 Å². The molecule has 0 saturated carbocycles. The molecule has 1 atom stereocenters. The van der Waals surface area contributed by atoms with Crippen LogP contribution in [0, 0.1) is 5.82 Å². The second kappa shape index (κ2) is 8.33. The summed E-state index contributed by atoms with van der Waals surface area (Å²) in [5, 5.41) is 0.